The Morgan fingerprint density at radius 2 is 2.03 bits per heavy atom. The maximum Gasteiger partial charge on any atom is 0.305 e. The molecule has 2 fully saturated rings. The molecule has 2 N–H and O–H groups in total. The lowest BCUT2D eigenvalue weighted by atomic mass is 9.85. The second-order valence-corrected chi connectivity index (χ2v) is 9.73. The Hall–Kier alpha value is -1.09. The Bertz CT molecular complexity index is 608. The number of carbonyl (C=O) groups is 1. The molecule has 6 nitrogen and oxygen atoms in total. The summed E-state index contributed by atoms with van der Waals surface area (Å²) in [6, 6.07) is 0. The fourth-order valence-corrected chi connectivity index (χ4v) is 5.15. The van der Waals surface area contributed by atoms with Crippen molar-refractivity contribution in [3.05, 3.63) is 12.2 Å². The lowest BCUT2D eigenvalue weighted by Gasteiger charge is -2.30. The molecule has 1 saturated heterocycles. The lowest BCUT2D eigenvalue weighted by molar-refractivity contribution is -0.196. The first-order chi connectivity index (χ1) is 16.3. The van der Waals surface area contributed by atoms with Crippen LogP contribution in [0.4, 0.5) is 8.78 Å². The summed E-state index contributed by atoms with van der Waals surface area (Å²) in [5.74, 6) is -3.33. The number of rotatable bonds is 15. The predicted octanol–water partition coefficient (Wildman–Crippen LogP) is 5.15. The highest BCUT2D eigenvalue weighted by Crippen LogP contribution is 2.41. The number of aliphatic hydroxyl groups is 2. The summed E-state index contributed by atoms with van der Waals surface area (Å²) in [5.41, 5.74) is 0. The third kappa shape index (κ3) is 9.51. The highest BCUT2D eigenvalue weighted by molar-refractivity contribution is 5.69. The molecule has 0 spiro atoms. The summed E-state index contributed by atoms with van der Waals surface area (Å²) in [4.78, 5) is 11.2. The van der Waals surface area contributed by atoms with Gasteiger partial charge in [-0.15, -0.1) is 0 Å². The molecule has 1 saturated carbocycles. The molecule has 2 unspecified atom stereocenters. The van der Waals surface area contributed by atoms with E-state index >= 15 is 0 Å². The number of alkyl halides is 2. The molecule has 198 valence electrons. The Labute approximate surface area is 203 Å². The van der Waals surface area contributed by atoms with Crippen LogP contribution in [0.1, 0.15) is 90.4 Å². The average Bonchev–Trinajstić information content (AvgIpc) is 3.10. The number of hydrogen-bond donors (Lipinski definition) is 2. The van der Waals surface area contributed by atoms with Crippen molar-refractivity contribution in [2.45, 2.75) is 121 Å². The molecule has 1 heterocycles. The number of allylic oxidation sites excluding steroid dienone is 2. The monoisotopic (exact) mass is 490 g/mol. The van der Waals surface area contributed by atoms with E-state index in [9.17, 15) is 23.8 Å². The van der Waals surface area contributed by atoms with Crippen LogP contribution in [0.2, 0.25) is 0 Å². The quantitative estimate of drug-likeness (QED) is 0.188. The normalized spacial score (nSPS) is 28.9. The minimum Gasteiger partial charge on any atom is -0.469 e. The molecule has 0 aromatic heterocycles. The van der Waals surface area contributed by atoms with Crippen molar-refractivity contribution in [1.82, 2.24) is 0 Å². The van der Waals surface area contributed by atoms with Gasteiger partial charge in [-0.3, -0.25) is 4.79 Å². The molecule has 0 aromatic carbocycles. The van der Waals surface area contributed by atoms with Gasteiger partial charge in [0.2, 0.25) is 0 Å². The van der Waals surface area contributed by atoms with Crippen molar-refractivity contribution in [2.75, 3.05) is 13.7 Å². The summed E-state index contributed by atoms with van der Waals surface area (Å²) in [6.45, 7) is 2.36. The van der Waals surface area contributed by atoms with Crippen LogP contribution in [0.15, 0.2) is 12.2 Å². The van der Waals surface area contributed by atoms with Crippen molar-refractivity contribution < 1.29 is 38.0 Å². The third-order valence-electron chi connectivity index (χ3n) is 7.10. The average molecular weight is 491 g/mol. The summed E-state index contributed by atoms with van der Waals surface area (Å²) in [6.07, 6.45) is 8.43. The van der Waals surface area contributed by atoms with E-state index in [1.165, 1.54) is 7.11 Å². The Morgan fingerprint density at radius 1 is 1.24 bits per heavy atom. The molecule has 2 rings (SSSR count). The van der Waals surface area contributed by atoms with Gasteiger partial charge in [-0.05, 0) is 63.2 Å². The number of carbonyl (C=O) groups excluding carboxylic acids is 1. The van der Waals surface area contributed by atoms with Gasteiger partial charge < -0.3 is 24.4 Å². The number of halogens is 2. The van der Waals surface area contributed by atoms with Gasteiger partial charge in [-0.1, -0.05) is 31.9 Å². The van der Waals surface area contributed by atoms with E-state index in [4.69, 9.17) is 9.47 Å². The summed E-state index contributed by atoms with van der Waals surface area (Å²) in [7, 11) is 1.38. The number of aliphatic hydroxyl groups excluding tert-OH is 2. The minimum atomic E-state index is -3.07. The van der Waals surface area contributed by atoms with Gasteiger partial charge in [0, 0.05) is 25.9 Å². The molecular weight excluding hydrogens is 446 g/mol. The van der Waals surface area contributed by atoms with Gasteiger partial charge in [-0.2, -0.15) is 0 Å². The Kier molecular flexibility index (Phi) is 13.0. The van der Waals surface area contributed by atoms with Gasteiger partial charge in [0.1, 0.15) is 6.10 Å². The van der Waals surface area contributed by atoms with E-state index in [0.717, 1.165) is 25.7 Å². The SMILES string of the molecule is CCCC(F)(F)C(O)CCC[C@@H]1[C@@H](C/C=C\CCCC(=O)OC)[C@@H](OC2CCCCO2)C[C@H]1O. The fraction of sp³-hybridized carbons (Fsp3) is 0.885. The number of esters is 1. The molecule has 0 bridgehead atoms. The molecule has 0 radical (unpaired) electrons. The van der Waals surface area contributed by atoms with Crippen molar-refractivity contribution in [3.63, 3.8) is 0 Å². The summed E-state index contributed by atoms with van der Waals surface area (Å²) >= 11 is 0. The van der Waals surface area contributed by atoms with E-state index in [1.807, 2.05) is 6.08 Å². The van der Waals surface area contributed by atoms with Gasteiger partial charge in [-0.25, -0.2) is 8.78 Å². The minimum absolute atomic E-state index is 0.0174. The zero-order valence-electron chi connectivity index (χ0n) is 20.8. The first-order valence-corrected chi connectivity index (χ1v) is 13.0. The molecule has 34 heavy (non-hydrogen) atoms. The van der Waals surface area contributed by atoms with Crippen LogP contribution in [0.5, 0.6) is 0 Å². The topological polar surface area (TPSA) is 85.2 Å². The maximum atomic E-state index is 14.0. The van der Waals surface area contributed by atoms with Gasteiger partial charge in [0.05, 0.1) is 19.3 Å². The summed E-state index contributed by atoms with van der Waals surface area (Å²) in [5, 5.41) is 20.8. The number of hydrogen-bond acceptors (Lipinski definition) is 6. The zero-order valence-corrected chi connectivity index (χ0v) is 20.8. The number of methoxy groups -OCH3 is 1. The van der Waals surface area contributed by atoms with Crippen LogP contribution in [-0.4, -0.2) is 60.4 Å². The Morgan fingerprint density at radius 3 is 2.71 bits per heavy atom. The van der Waals surface area contributed by atoms with E-state index in [0.29, 0.717) is 51.6 Å². The number of unbranched alkanes of at least 4 members (excludes halogenated alkanes) is 1. The standard InChI is InChI=1S/C26H44F2O6/c1-3-16-26(27,28)23(30)13-10-12-19-20(11-6-4-5-7-14-24(31)32-2)22(18-21(19)29)34-25-15-8-9-17-33-25/h4,6,19-23,25,29-30H,3,5,7-18H2,1-2H3/b6-4-/t19-,20-,21-,22+,23?,25?/m1/s1. The molecular formula is C26H44F2O6. The van der Waals surface area contributed by atoms with Gasteiger partial charge >= 0.3 is 5.97 Å². The second kappa shape index (κ2) is 15.1. The van der Waals surface area contributed by atoms with Crippen LogP contribution < -0.4 is 0 Å². The Balaban J connectivity index is 1.93. The number of ether oxygens (including phenoxy) is 3. The predicted molar refractivity (Wildman–Crippen MR) is 125 cm³/mol. The van der Waals surface area contributed by atoms with Gasteiger partial charge in [0.25, 0.3) is 5.92 Å². The molecule has 1 aliphatic heterocycles. The summed E-state index contributed by atoms with van der Waals surface area (Å²) < 4.78 is 44.6. The van der Waals surface area contributed by atoms with Gasteiger partial charge in [0.15, 0.2) is 6.29 Å². The third-order valence-corrected chi connectivity index (χ3v) is 7.10. The van der Waals surface area contributed by atoms with E-state index in [2.05, 4.69) is 10.8 Å². The highest BCUT2D eigenvalue weighted by atomic mass is 19.3. The van der Waals surface area contributed by atoms with E-state index < -0.39 is 18.1 Å². The molecule has 0 amide bonds. The maximum absolute atomic E-state index is 14.0. The largest absolute Gasteiger partial charge is 0.469 e. The first kappa shape index (κ1) is 29.1. The zero-order chi connectivity index (χ0) is 25.0. The van der Waals surface area contributed by atoms with Crippen molar-refractivity contribution in [1.29, 1.82) is 0 Å². The fourth-order valence-electron chi connectivity index (χ4n) is 5.15. The first-order valence-electron chi connectivity index (χ1n) is 13.0. The van der Waals surface area contributed by atoms with Crippen LogP contribution in [-0.2, 0) is 19.0 Å². The second-order valence-electron chi connectivity index (χ2n) is 9.73. The van der Waals surface area contributed by atoms with Crippen LogP contribution in [0.25, 0.3) is 0 Å². The van der Waals surface area contributed by atoms with E-state index in [-0.39, 0.29) is 43.0 Å². The van der Waals surface area contributed by atoms with Crippen molar-refractivity contribution in [2.24, 2.45) is 11.8 Å². The smallest absolute Gasteiger partial charge is 0.305 e. The molecule has 1 aliphatic carbocycles. The van der Waals surface area contributed by atoms with Crippen LogP contribution >= 0.6 is 0 Å². The molecule has 8 heteroatoms. The van der Waals surface area contributed by atoms with Crippen LogP contribution in [0, 0.1) is 11.8 Å². The molecule has 2 aliphatic rings. The van der Waals surface area contributed by atoms with Crippen molar-refractivity contribution in [3.8, 4) is 0 Å². The lowest BCUT2D eigenvalue weighted by Crippen LogP contribution is -2.33. The molecule has 6 atom stereocenters. The highest BCUT2D eigenvalue weighted by Gasteiger charge is 2.44. The van der Waals surface area contributed by atoms with Crippen molar-refractivity contribution >= 4 is 5.97 Å². The van der Waals surface area contributed by atoms with Crippen LogP contribution in [0.3, 0.4) is 0 Å². The molecule has 0 aromatic rings. The van der Waals surface area contributed by atoms with E-state index in [1.54, 1.807) is 6.92 Å².